The van der Waals surface area contributed by atoms with E-state index in [-0.39, 0.29) is 43.1 Å². The van der Waals surface area contributed by atoms with E-state index in [1.54, 1.807) is 12.1 Å². The molecule has 2 aromatic rings. The Morgan fingerprint density at radius 3 is 2.29 bits per heavy atom. The zero-order chi connectivity index (χ0) is 17.2. The van der Waals surface area contributed by atoms with E-state index < -0.39 is 0 Å². The van der Waals surface area contributed by atoms with Crippen LogP contribution in [0.5, 0.6) is 0 Å². The van der Waals surface area contributed by atoms with E-state index in [9.17, 15) is 4.79 Å². The Morgan fingerprint density at radius 1 is 0.964 bits per heavy atom. The SMILES string of the molecule is Cl.Cl.Cl.Nc1ccccc1NC(=O)c1ccc(NC2CCN(C3CC3)C2)cc1. The van der Waals surface area contributed by atoms with Crippen LogP contribution in [0.25, 0.3) is 0 Å². The van der Waals surface area contributed by atoms with Crippen LogP contribution in [0, 0.1) is 0 Å². The number of hydrogen-bond acceptors (Lipinski definition) is 4. The zero-order valence-corrected chi connectivity index (χ0v) is 17.9. The fourth-order valence-corrected chi connectivity index (χ4v) is 3.44. The Bertz CT molecular complexity index is 768. The first-order valence-corrected chi connectivity index (χ1v) is 8.95. The number of nitrogens with zero attached hydrogens (tertiary/aromatic N) is 1. The minimum absolute atomic E-state index is 0. The summed E-state index contributed by atoms with van der Waals surface area (Å²) in [6.07, 6.45) is 3.91. The lowest BCUT2D eigenvalue weighted by atomic mass is 10.1. The van der Waals surface area contributed by atoms with Crippen molar-refractivity contribution in [1.29, 1.82) is 0 Å². The molecule has 0 aromatic heterocycles. The highest BCUT2D eigenvalue weighted by molar-refractivity contribution is 6.05. The van der Waals surface area contributed by atoms with E-state index in [0.717, 1.165) is 18.3 Å². The number of amides is 1. The molecule has 1 amide bonds. The summed E-state index contributed by atoms with van der Waals surface area (Å²) < 4.78 is 0. The van der Waals surface area contributed by atoms with Gasteiger partial charge in [0.15, 0.2) is 0 Å². The van der Waals surface area contributed by atoms with Crippen molar-refractivity contribution in [3.63, 3.8) is 0 Å². The zero-order valence-electron chi connectivity index (χ0n) is 15.5. The summed E-state index contributed by atoms with van der Waals surface area (Å²) >= 11 is 0. The van der Waals surface area contributed by atoms with Crippen molar-refractivity contribution in [2.45, 2.75) is 31.3 Å². The van der Waals surface area contributed by atoms with Gasteiger partial charge in [-0.25, -0.2) is 0 Å². The van der Waals surface area contributed by atoms with E-state index in [2.05, 4.69) is 15.5 Å². The molecule has 0 spiro atoms. The molecule has 1 saturated carbocycles. The fraction of sp³-hybridized carbons (Fsp3) is 0.350. The monoisotopic (exact) mass is 444 g/mol. The van der Waals surface area contributed by atoms with Crippen molar-refractivity contribution in [2.24, 2.45) is 0 Å². The van der Waals surface area contributed by atoms with Gasteiger partial charge in [0.1, 0.15) is 0 Å². The summed E-state index contributed by atoms with van der Waals surface area (Å²) in [5.74, 6) is -0.148. The van der Waals surface area contributed by atoms with Gasteiger partial charge >= 0.3 is 0 Å². The van der Waals surface area contributed by atoms with Gasteiger partial charge in [-0.1, -0.05) is 12.1 Å². The quantitative estimate of drug-likeness (QED) is 0.595. The van der Waals surface area contributed by atoms with Gasteiger partial charge in [-0.2, -0.15) is 0 Å². The number of carbonyl (C=O) groups excluding carboxylic acids is 1. The number of benzene rings is 2. The molecule has 0 radical (unpaired) electrons. The molecule has 1 saturated heterocycles. The predicted molar refractivity (Wildman–Crippen MR) is 124 cm³/mol. The largest absolute Gasteiger partial charge is 0.397 e. The van der Waals surface area contributed by atoms with Crippen LogP contribution in [-0.2, 0) is 0 Å². The number of nitrogens with two attached hydrogens (primary N) is 1. The molecule has 154 valence electrons. The molecule has 0 bridgehead atoms. The summed E-state index contributed by atoms with van der Waals surface area (Å²) in [4.78, 5) is 14.9. The Balaban J connectivity index is 0.00000131. The van der Waals surface area contributed by atoms with Gasteiger partial charge in [0, 0.05) is 36.4 Å². The van der Waals surface area contributed by atoms with E-state index >= 15 is 0 Å². The molecule has 2 aromatic carbocycles. The average molecular weight is 446 g/mol. The van der Waals surface area contributed by atoms with E-state index in [0.29, 0.717) is 23.0 Å². The molecule has 2 fully saturated rings. The molecular formula is C20H27Cl3N4O. The number of halogens is 3. The average Bonchev–Trinajstić information content (AvgIpc) is 3.37. The summed E-state index contributed by atoms with van der Waals surface area (Å²) in [6.45, 7) is 2.32. The van der Waals surface area contributed by atoms with Crippen molar-refractivity contribution < 1.29 is 4.79 Å². The molecule has 28 heavy (non-hydrogen) atoms. The Kier molecular flexibility index (Phi) is 9.37. The third-order valence-electron chi connectivity index (χ3n) is 5.01. The number of rotatable bonds is 5. The van der Waals surface area contributed by atoms with Crippen LogP contribution in [-0.4, -0.2) is 36.0 Å². The number of hydrogen-bond donors (Lipinski definition) is 3. The third kappa shape index (κ3) is 5.92. The number of nitrogens with one attached hydrogen (secondary N) is 2. The Hall–Kier alpha value is -1.66. The molecular weight excluding hydrogens is 419 g/mol. The summed E-state index contributed by atoms with van der Waals surface area (Å²) in [6, 6.07) is 16.3. The minimum Gasteiger partial charge on any atom is -0.397 e. The number of carbonyl (C=O) groups is 1. The fourth-order valence-electron chi connectivity index (χ4n) is 3.44. The molecule has 1 atom stereocenters. The first kappa shape index (κ1) is 24.4. The van der Waals surface area contributed by atoms with Crippen molar-refractivity contribution in [3.05, 3.63) is 54.1 Å². The second-order valence-electron chi connectivity index (χ2n) is 6.97. The Labute approximate surface area is 184 Å². The van der Waals surface area contributed by atoms with Gasteiger partial charge in [0.25, 0.3) is 5.91 Å². The van der Waals surface area contributed by atoms with Gasteiger partial charge < -0.3 is 16.4 Å². The second kappa shape index (κ2) is 10.8. The normalized spacial score (nSPS) is 18.2. The third-order valence-corrected chi connectivity index (χ3v) is 5.01. The number of para-hydroxylation sites is 2. The van der Waals surface area contributed by atoms with Gasteiger partial charge in [-0.15, -0.1) is 37.2 Å². The van der Waals surface area contributed by atoms with Gasteiger partial charge in [0.05, 0.1) is 11.4 Å². The van der Waals surface area contributed by atoms with Crippen molar-refractivity contribution in [2.75, 3.05) is 29.5 Å². The van der Waals surface area contributed by atoms with Crippen molar-refractivity contribution >= 4 is 60.2 Å². The lowest BCUT2D eigenvalue weighted by Gasteiger charge is -2.17. The van der Waals surface area contributed by atoms with Crippen LogP contribution in [0.15, 0.2) is 48.5 Å². The minimum atomic E-state index is -0.148. The smallest absolute Gasteiger partial charge is 0.255 e. The lowest BCUT2D eigenvalue weighted by molar-refractivity contribution is 0.102. The molecule has 1 unspecified atom stereocenters. The van der Waals surface area contributed by atoms with Crippen LogP contribution in [0.4, 0.5) is 17.1 Å². The van der Waals surface area contributed by atoms with Gasteiger partial charge in [-0.05, 0) is 55.7 Å². The highest BCUT2D eigenvalue weighted by atomic mass is 35.5. The standard InChI is InChI=1S/C20H24N4O.3ClH/c21-18-3-1-2-4-19(18)23-20(25)14-5-7-15(8-6-14)22-16-11-12-24(13-16)17-9-10-17;;;/h1-8,16-17,22H,9-13,21H2,(H,23,25);3*1H. The molecule has 1 heterocycles. The maximum absolute atomic E-state index is 12.4. The molecule has 4 N–H and O–H groups in total. The van der Waals surface area contributed by atoms with Crippen LogP contribution < -0.4 is 16.4 Å². The van der Waals surface area contributed by atoms with Gasteiger partial charge in [-0.3, -0.25) is 9.69 Å². The summed E-state index contributed by atoms with van der Waals surface area (Å²) in [5, 5.41) is 6.44. The molecule has 4 rings (SSSR count). The van der Waals surface area contributed by atoms with Crippen molar-refractivity contribution in [3.8, 4) is 0 Å². The molecule has 1 aliphatic carbocycles. The van der Waals surface area contributed by atoms with E-state index in [4.69, 9.17) is 5.73 Å². The highest BCUT2D eigenvalue weighted by Crippen LogP contribution is 2.30. The van der Waals surface area contributed by atoms with Crippen LogP contribution in [0.2, 0.25) is 0 Å². The van der Waals surface area contributed by atoms with Gasteiger partial charge in [0.2, 0.25) is 0 Å². The summed E-state index contributed by atoms with van der Waals surface area (Å²) in [5.41, 5.74) is 8.77. The number of anilines is 3. The van der Waals surface area contributed by atoms with E-state index in [1.807, 2.05) is 36.4 Å². The van der Waals surface area contributed by atoms with Crippen LogP contribution in [0.3, 0.4) is 0 Å². The number of likely N-dealkylation sites (tertiary alicyclic amines) is 1. The number of nitrogen functional groups attached to an aromatic ring is 1. The molecule has 8 heteroatoms. The van der Waals surface area contributed by atoms with E-state index in [1.165, 1.54) is 25.8 Å². The molecule has 1 aliphatic heterocycles. The topological polar surface area (TPSA) is 70.4 Å². The highest BCUT2D eigenvalue weighted by Gasteiger charge is 2.34. The maximum Gasteiger partial charge on any atom is 0.255 e. The van der Waals surface area contributed by atoms with Crippen LogP contribution in [0.1, 0.15) is 29.6 Å². The maximum atomic E-state index is 12.4. The molecule has 2 aliphatic rings. The second-order valence-corrected chi connectivity index (χ2v) is 6.97. The lowest BCUT2D eigenvalue weighted by Crippen LogP contribution is -2.27. The predicted octanol–water partition coefficient (Wildman–Crippen LogP) is 4.44. The Morgan fingerprint density at radius 2 is 1.64 bits per heavy atom. The summed E-state index contributed by atoms with van der Waals surface area (Å²) in [7, 11) is 0. The first-order chi connectivity index (χ1) is 12.2. The van der Waals surface area contributed by atoms with Crippen molar-refractivity contribution in [1.82, 2.24) is 4.90 Å². The van der Waals surface area contributed by atoms with Crippen LogP contribution >= 0.6 is 37.2 Å². The molecule has 5 nitrogen and oxygen atoms in total. The first-order valence-electron chi connectivity index (χ1n) is 8.95.